The summed E-state index contributed by atoms with van der Waals surface area (Å²) in [5.41, 5.74) is 7.64. The molecule has 2 rings (SSSR count). The lowest BCUT2D eigenvalue weighted by Crippen LogP contribution is -2.51. The maximum Gasteiger partial charge on any atom is 0.137 e. The Morgan fingerprint density at radius 1 is 1.35 bits per heavy atom. The summed E-state index contributed by atoms with van der Waals surface area (Å²) in [6.45, 7) is 9.42. The number of nitrogens with zero attached hydrogens (tertiary/aromatic N) is 2. The van der Waals surface area contributed by atoms with E-state index in [1.807, 2.05) is 19.2 Å². The minimum atomic E-state index is -0.0430. The highest BCUT2D eigenvalue weighted by atomic mass is 16.5. The summed E-state index contributed by atoms with van der Waals surface area (Å²) in [6.07, 6.45) is 7.21. The summed E-state index contributed by atoms with van der Waals surface area (Å²) in [4.78, 5) is 6.81. The molecule has 4 nitrogen and oxygen atoms in total. The van der Waals surface area contributed by atoms with Crippen molar-refractivity contribution in [2.45, 2.75) is 51.6 Å². The standard InChI is InChI=1S/C16H27N3O/c1-4-16(3,19-8-6-7-9-19)15(17)13-10-14(20-5-2)12-18-11-13/h10-12,15H,4-9,17H2,1-3H3. The summed E-state index contributed by atoms with van der Waals surface area (Å²) in [7, 11) is 0. The first-order chi connectivity index (χ1) is 9.61. The van der Waals surface area contributed by atoms with Crippen LogP contribution < -0.4 is 10.5 Å². The van der Waals surface area contributed by atoms with Crippen molar-refractivity contribution in [1.82, 2.24) is 9.88 Å². The molecular weight excluding hydrogens is 250 g/mol. The fourth-order valence-corrected chi connectivity index (χ4v) is 3.08. The van der Waals surface area contributed by atoms with E-state index < -0.39 is 0 Å². The summed E-state index contributed by atoms with van der Waals surface area (Å²) in [5, 5.41) is 0. The number of nitrogens with two attached hydrogens (primary N) is 1. The van der Waals surface area contributed by atoms with Gasteiger partial charge in [0.25, 0.3) is 0 Å². The molecule has 0 spiro atoms. The smallest absolute Gasteiger partial charge is 0.137 e. The predicted molar refractivity (Wildman–Crippen MR) is 81.8 cm³/mol. The Bertz CT molecular complexity index is 431. The Labute approximate surface area is 122 Å². The molecule has 1 fully saturated rings. The summed E-state index contributed by atoms with van der Waals surface area (Å²) in [5.74, 6) is 0.806. The van der Waals surface area contributed by atoms with Gasteiger partial charge in [0.05, 0.1) is 12.8 Å². The largest absolute Gasteiger partial charge is 0.492 e. The molecule has 0 radical (unpaired) electrons. The Morgan fingerprint density at radius 2 is 2.05 bits per heavy atom. The van der Waals surface area contributed by atoms with E-state index in [-0.39, 0.29) is 11.6 Å². The third-order valence-corrected chi connectivity index (χ3v) is 4.62. The zero-order chi connectivity index (χ0) is 14.6. The van der Waals surface area contributed by atoms with E-state index in [2.05, 4.69) is 23.7 Å². The highest BCUT2D eigenvalue weighted by Crippen LogP contribution is 2.35. The first-order valence-corrected chi connectivity index (χ1v) is 7.70. The van der Waals surface area contributed by atoms with Crippen molar-refractivity contribution >= 4 is 0 Å². The van der Waals surface area contributed by atoms with Gasteiger partial charge in [-0.3, -0.25) is 9.88 Å². The second-order valence-corrected chi connectivity index (χ2v) is 5.77. The monoisotopic (exact) mass is 277 g/mol. The van der Waals surface area contributed by atoms with Gasteiger partial charge in [0.15, 0.2) is 0 Å². The molecule has 4 heteroatoms. The number of aromatic nitrogens is 1. The van der Waals surface area contributed by atoms with Crippen LogP contribution in [0.2, 0.25) is 0 Å². The van der Waals surface area contributed by atoms with Gasteiger partial charge in [-0.25, -0.2) is 0 Å². The Balaban J connectivity index is 2.23. The molecule has 1 aromatic rings. The second kappa shape index (κ2) is 6.55. The van der Waals surface area contributed by atoms with Crippen LogP contribution in [0.15, 0.2) is 18.5 Å². The van der Waals surface area contributed by atoms with Crippen molar-refractivity contribution in [2.75, 3.05) is 19.7 Å². The molecule has 1 aliphatic rings. The molecular formula is C16H27N3O. The van der Waals surface area contributed by atoms with Crippen molar-refractivity contribution < 1.29 is 4.74 Å². The highest BCUT2D eigenvalue weighted by molar-refractivity contribution is 5.28. The zero-order valence-electron chi connectivity index (χ0n) is 12.9. The van der Waals surface area contributed by atoms with Gasteiger partial charge in [0, 0.05) is 17.8 Å². The maximum atomic E-state index is 6.59. The van der Waals surface area contributed by atoms with Crippen LogP contribution in [0.1, 0.15) is 51.6 Å². The van der Waals surface area contributed by atoms with E-state index in [0.29, 0.717) is 6.61 Å². The average molecular weight is 277 g/mol. The van der Waals surface area contributed by atoms with E-state index in [4.69, 9.17) is 10.5 Å². The SMILES string of the molecule is CCOc1cncc(C(N)C(C)(CC)N2CCCC2)c1. The fraction of sp³-hybridized carbons (Fsp3) is 0.688. The molecule has 1 aromatic heterocycles. The minimum absolute atomic E-state index is 0.0109. The first-order valence-electron chi connectivity index (χ1n) is 7.70. The molecule has 0 aromatic carbocycles. The lowest BCUT2D eigenvalue weighted by Gasteiger charge is -2.43. The molecule has 2 unspecified atom stereocenters. The van der Waals surface area contributed by atoms with Crippen LogP contribution in [0.25, 0.3) is 0 Å². The molecule has 0 amide bonds. The van der Waals surface area contributed by atoms with Crippen LogP contribution in [0.4, 0.5) is 0 Å². The van der Waals surface area contributed by atoms with Crippen molar-refractivity contribution in [3.8, 4) is 5.75 Å². The third-order valence-electron chi connectivity index (χ3n) is 4.62. The van der Waals surface area contributed by atoms with E-state index in [9.17, 15) is 0 Å². The number of likely N-dealkylation sites (tertiary alicyclic amines) is 1. The van der Waals surface area contributed by atoms with Gasteiger partial charge in [-0.2, -0.15) is 0 Å². The number of hydrogen-bond donors (Lipinski definition) is 1. The summed E-state index contributed by atoms with van der Waals surface area (Å²) < 4.78 is 5.54. The van der Waals surface area contributed by atoms with Crippen molar-refractivity contribution in [3.05, 3.63) is 24.0 Å². The van der Waals surface area contributed by atoms with Gasteiger partial charge in [0.1, 0.15) is 5.75 Å². The lowest BCUT2D eigenvalue weighted by atomic mass is 9.84. The Kier molecular flexibility index (Phi) is 5.00. The summed E-state index contributed by atoms with van der Waals surface area (Å²) >= 11 is 0. The molecule has 2 atom stereocenters. The molecule has 112 valence electrons. The third kappa shape index (κ3) is 2.96. The van der Waals surface area contributed by atoms with Gasteiger partial charge in [-0.15, -0.1) is 0 Å². The van der Waals surface area contributed by atoms with E-state index in [1.54, 1.807) is 6.20 Å². The Morgan fingerprint density at radius 3 is 2.65 bits per heavy atom. The number of pyridine rings is 1. The van der Waals surface area contributed by atoms with E-state index in [1.165, 1.54) is 12.8 Å². The van der Waals surface area contributed by atoms with Gasteiger partial charge in [-0.1, -0.05) is 6.92 Å². The van der Waals surface area contributed by atoms with Gasteiger partial charge in [-0.05, 0) is 57.8 Å². The van der Waals surface area contributed by atoms with Crippen LogP contribution in [0.3, 0.4) is 0 Å². The molecule has 1 saturated heterocycles. The van der Waals surface area contributed by atoms with E-state index in [0.717, 1.165) is 30.8 Å². The van der Waals surface area contributed by atoms with Crippen molar-refractivity contribution in [2.24, 2.45) is 5.73 Å². The van der Waals surface area contributed by atoms with Crippen LogP contribution in [0, 0.1) is 0 Å². The van der Waals surface area contributed by atoms with Crippen LogP contribution in [0.5, 0.6) is 5.75 Å². The molecule has 0 aliphatic carbocycles. The topological polar surface area (TPSA) is 51.4 Å². The highest BCUT2D eigenvalue weighted by Gasteiger charge is 2.38. The number of rotatable bonds is 6. The molecule has 2 N–H and O–H groups in total. The summed E-state index contributed by atoms with van der Waals surface area (Å²) in [6, 6.07) is 1.99. The maximum absolute atomic E-state index is 6.59. The molecule has 2 heterocycles. The quantitative estimate of drug-likeness (QED) is 0.868. The molecule has 20 heavy (non-hydrogen) atoms. The van der Waals surface area contributed by atoms with Gasteiger partial charge < -0.3 is 10.5 Å². The normalized spacial score (nSPS) is 20.6. The second-order valence-electron chi connectivity index (χ2n) is 5.77. The van der Waals surface area contributed by atoms with Crippen LogP contribution in [-0.4, -0.2) is 35.1 Å². The first kappa shape index (κ1) is 15.3. The van der Waals surface area contributed by atoms with Crippen molar-refractivity contribution in [3.63, 3.8) is 0 Å². The zero-order valence-corrected chi connectivity index (χ0v) is 12.9. The fourth-order valence-electron chi connectivity index (χ4n) is 3.08. The van der Waals surface area contributed by atoms with Crippen molar-refractivity contribution in [1.29, 1.82) is 0 Å². The average Bonchev–Trinajstić information content (AvgIpc) is 3.01. The molecule has 0 bridgehead atoms. The minimum Gasteiger partial charge on any atom is -0.492 e. The lowest BCUT2D eigenvalue weighted by molar-refractivity contribution is 0.0998. The van der Waals surface area contributed by atoms with Crippen LogP contribution in [-0.2, 0) is 0 Å². The molecule has 1 aliphatic heterocycles. The van der Waals surface area contributed by atoms with Crippen LogP contribution >= 0.6 is 0 Å². The van der Waals surface area contributed by atoms with Gasteiger partial charge >= 0.3 is 0 Å². The number of ether oxygens (including phenoxy) is 1. The Hall–Kier alpha value is -1.13. The van der Waals surface area contributed by atoms with Gasteiger partial charge in [0.2, 0.25) is 0 Å². The predicted octanol–water partition coefficient (Wildman–Crippen LogP) is 2.74. The van der Waals surface area contributed by atoms with E-state index >= 15 is 0 Å². The molecule has 0 saturated carbocycles. The number of hydrogen-bond acceptors (Lipinski definition) is 4.